The number of carbonyl (C=O) groups excluding carboxylic acids is 1. The Bertz CT molecular complexity index is 381. The molecule has 1 fully saturated rings. The van der Waals surface area contributed by atoms with E-state index in [-0.39, 0.29) is 5.91 Å². The monoisotopic (exact) mass is 222 g/mol. The lowest BCUT2D eigenvalue weighted by Gasteiger charge is -2.04. The summed E-state index contributed by atoms with van der Waals surface area (Å²) in [6.07, 6.45) is 4.24. The quantitative estimate of drug-likeness (QED) is 0.742. The number of carbonyl (C=O) groups is 1. The largest absolute Gasteiger partial charge is 0.352 e. The van der Waals surface area contributed by atoms with Crippen LogP contribution in [0.25, 0.3) is 0 Å². The van der Waals surface area contributed by atoms with Gasteiger partial charge in [0.1, 0.15) is 0 Å². The van der Waals surface area contributed by atoms with Crippen molar-refractivity contribution in [1.82, 2.24) is 20.4 Å². The first-order chi connectivity index (χ1) is 7.65. The minimum atomic E-state index is 0.0871. The molecule has 0 radical (unpaired) electrons. The summed E-state index contributed by atoms with van der Waals surface area (Å²) in [5.41, 5.74) is 2.15. The van der Waals surface area contributed by atoms with Crippen LogP contribution in [0.4, 0.5) is 0 Å². The second-order valence-electron chi connectivity index (χ2n) is 4.36. The fourth-order valence-electron chi connectivity index (χ4n) is 1.64. The van der Waals surface area contributed by atoms with Gasteiger partial charge >= 0.3 is 0 Å². The van der Waals surface area contributed by atoms with E-state index in [0.717, 1.165) is 24.1 Å². The zero-order valence-electron chi connectivity index (χ0n) is 9.79. The molecule has 1 heterocycles. The molecule has 2 rings (SSSR count). The van der Waals surface area contributed by atoms with E-state index in [2.05, 4.69) is 15.7 Å². The van der Waals surface area contributed by atoms with Crippen molar-refractivity contribution in [3.8, 4) is 0 Å². The number of hydrogen-bond acceptors (Lipinski definition) is 3. The molecule has 1 aliphatic carbocycles. The van der Waals surface area contributed by atoms with Crippen molar-refractivity contribution >= 4 is 5.91 Å². The van der Waals surface area contributed by atoms with Gasteiger partial charge in [0.2, 0.25) is 5.91 Å². The number of aryl methyl sites for hydroxylation is 2. The molecular weight excluding hydrogens is 204 g/mol. The first-order valence-electron chi connectivity index (χ1n) is 5.64. The van der Waals surface area contributed by atoms with Gasteiger partial charge in [-0.05, 0) is 19.8 Å². The molecule has 0 aliphatic heterocycles. The lowest BCUT2D eigenvalue weighted by Crippen LogP contribution is -2.34. The third kappa shape index (κ3) is 3.06. The van der Waals surface area contributed by atoms with Crippen molar-refractivity contribution in [2.45, 2.75) is 32.4 Å². The van der Waals surface area contributed by atoms with Crippen molar-refractivity contribution in [2.75, 3.05) is 6.54 Å². The van der Waals surface area contributed by atoms with Gasteiger partial charge in [0.25, 0.3) is 0 Å². The topological polar surface area (TPSA) is 59.0 Å². The maximum absolute atomic E-state index is 11.4. The van der Waals surface area contributed by atoms with Crippen LogP contribution in [-0.2, 0) is 18.4 Å². The van der Waals surface area contributed by atoms with Crippen LogP contribution in [0.3, 0.4) is 0 Å². The van der Waals surface area contributed by atoms with Gasteiger partial charge in [-0.15, -0.1) is 0 Å². The number of hydrogen-bond donors (Lipinski definition) is 2. The standard InChI is InChI=1S/C11H18N4O/c1-8-9(7-15(2)14-8)5-12-6-11(16)13-10-3-4-10/h7,10,12H,3-6H2,1-2H3,(H,13,16). The normalized spacial score (nSPS) is 15.1. The van der Waals surface area contributed by atoms with Gasteiger partial charge in [0.15, 0.2) is 0 Å². The highest BCUT2D eigenvalue weighted by atomic mass is 16.2. The average molecular weight is 222 g/mol. The Morgan fingerprint density at radius 1 is 1.62 bits per heavy atom. The fraction of sp³-hybridized carbons (Fsp3) is 0.636. The molecule has 1 saturated carbocycles. The number of aromatic nitrogens is 2. The van der Waals surface area contributed by atoms with Crippen LogP contribution >= 0.6 is 0 Å². The highest BCUT2D eigenvalue weighted by molar-refractivity contribution is 5.78. The van der Waals surface area contributed by atoms with Gasteiger partial charge in [-0.25, -0.2) is 0 Å². The fourth-order valence-corrected chi connectivity index (χ4v) is 1.64. The molecule has 0 bridgehead atoms. The molecule has 5 heteroatoms. The number of nitrogens with zero attached hydrogens (tertiary/aromatic N) is 2. The smallest absolute Gasteiger partial charge is 0.234 e. The van der Waals surface area contributed by atoms with E-state index in [9.17, 15) is 4.79 Å². The summed E-state index contributed by atoms with van der Waals surface area (Å²) in [6.45, 7) is 3.05. The molecule has 0 aromatic carbocycles. The molecule has 0 spiro atoms. The molecule has 0 atom stereocenters. The first kappa shape index (κ1) is 11.1. The highest BCUT2D eigenvalue weighted by Gasteiger charge is 2.22. The van der Waals surface area contributed by atoms with Crippen LogP contribution < -0.4 is 10.6 Å². The summed E-state index contributed by atoms with van der Waals surface area (Å²) >= 11 is 0. The third-order valence-corrected chi connectivity index (χ3v) is 2.66. The van der Waals surface area contributed by atoms with E-state index >= 15 is 0 Å². The van der Waals surface area contributed by atoms with Crippen molar-refractivity contribution < 1.29 is 4.79 Å². The predicted molar refractivity (Wildman–Crippen MR) is 60.8 cm³/mol. The molecule has 1 aromatic rings. The molecule has 1 aromatic heterocycles. The van der Waals surface area contributed by atoms with Gasteiger partial charge in [-0.2, -0.15) is 5.10 Å². The van der Waals surface area contributed by atoms with E-state index in [1.165, 1.54) is 0 Å². The SMILES string of the molecule is Cc1nn(C)cc1CNCC(=O)NC1CC1. The molecule has 0 unspecified atom stereocenters. The number of amides is 1. The van der Waals surface area contributed by atoms with Crippen LogP contribution in [0.2, 0.25) is 0 Å². The van der Waals surface area contributed by atoms with Gasteiger partial charge in [-0.1, -0.05) is 0 Å². The Kier molecular flexibility index (Phi) is 3.24. The van der Waals surface area contributed by atoms with E-state index in [4.69, 9.17) is 0 Å². The Morgan fingerprint density at radius 2 is 2.38 bits per heavy atom. The Balaban J connectivity index is 1.70. The summed E-state index contributed by atoms with van der Waals surface area (Å²) < 4.78 is 1.79. The lowest BCUT2D eigenvalue weighted by molar-refractivity contribution is -0.120. The second-order valence-corrected chi connectivity index (χ2v) is 4.36. The molecule has 0 saturated heterocycles. The Labute approximate surface area is 95.2 Å². The van der Waals surface area contributed by atoms with Crippen molar-refractivity contribution in [3.63, 3.8) is 0 Å². The summed E-state index contributed by atoms with van der Waals surface area (Å²) in [5, 5.41) is 10.3. The van der Waals surface area contributed by atoms with Crippen LogP contribution in [0.5, 0.6) is 0 Å². The zero-order valence-corrected chi connectivity index (χ0v) is 9.79. The third-order valence-electron chi connectivity index (χ3n) is 2.66. The molecular formula is C11H18N4O. The van der Waals surface area contributed by atoms with Gasteiger partial charge in [0, 0.05) is 31.4 Å². The Hall–Kier alpha value is -1.36. The van der Waals surface area contributed by atoms with Gasteiger partial charge in [-0.3, -0.25) is 9.48 Å². The van der Waals surface area contributed by atoms with Crippen molar-refractivity contribution in [1.29, 1.82) is 0 Å². The summed E-state index contributed by atoms with van der Waals surface area (Å²) in [5.74, 6) is 0.0871. The first-order valence-corrected chi connectivity index (χ1v) is 5.64. The predicted octanol–water partition coefficient (Wildman–Crippen LogP) is 0.0967. The van der Waals surface area contributed by atoms with Crippen LogP contribution in [0.15, 0.2) is 6.20 Å². The molecule has 2 N–H and O–H groups in total. The van der Waals surface area contributed by atoms with E-state index in [0.29, 0.717) is 19.1 Å². The molecule has 5 nitrogen and oxygen atoms in total. The summed E-state index contributed by atoms with van der Waals surface area (Å²) in [6, 6.07) is 0.439. The Morgan fingerprint density at radius 3 is 2.94 bits per heavy atom. The number of rotatable bonds is 5. The van der Waals surface area contributed by atoms with Gasteiger partial charge in [0.05, 0.1) is 12.2 Å². The molecule has 16 heavy (non-hydrogen) atoms. The second kappa shape index (κ2) is 4.65. The lowest BCUT2D eigenvalue weighted by atomic mass is 10.2. The van der Waals surface area contributed by atoms with Crippen LogP contribution in [-0.4, -0.2) is 28.3 Å². The maximum atomic E-state index is 11.4. The molecule has 1 aliphatic rings. The molecule has 1 amide bonds. The van der Waals surface area contributed by atoms with Crippen LogP contribution in [0, 0.1) is 6.92 Å². The minimum Gasteiger partial charge on any atom is -0.352 e. The van der Waals surface area contributed by atoms with Gasteiger partial charge < -0.3 is 10.6 Å². The highest BCUT2D eigenvalue weighted by Crippen LogP contribution is 2.18. The van der Waals surface area contributed by atoms with E-state index in [1.807, 2.05) is 20.2 Å². The van der Waals surface area contributed by atoms with Crippen LogP contribution in [0.1, 0.15) is 24.1 Å². The average Bonchev–Trinajstić information content (AvgIpc) is 2.94. The zero-order chi connectivity index (χ0) is 11.5. The number of nitrogens with one attached hydrogen (secondary N) is 2. The van der Waals surface area contributed by atoms with E-state index in [1.54, 1.807) is 4.68 Å². The molecule has 88 valence electrons. The van der Waals surface area contributed by atoms with Crippen molar-refractivity contribution in [3.05, 3.63) is 17.5 Å². The van der Waals surface area contributed by atoms with Crippen molar-refractivity contribution in [2.24, 2.45) is 7.05 Å². The minimum absolute atomic E-state index is 0.0871. The van der Waals surface area contributed by atoms with E-state index < -0.39 is 0 Å². The summed E-state index contributed by atoms with van der Waals surface area (Å²) in [7, 11) is 1.90. The summed E-state index contributed by atoms with van der Waals surface area (Å²) in [4.78, 5) is 11.4. The maximum Gasteiger partial charge on any atom is 0.234 e.